The van der Waals surface area contributed by atoms with Crippen molar-refractivity contribution < 1.29 is 28.2 Å². The van der Waals surface area contributed by atoms with Gasteiger partial charge in [0, 0.05) is 5.69 Å². The molecule has 8 heteroatoms. The number of hydrogen-bond acceptors (Lipinski definition) is 4. The van der Waals surface area contributed by atoms with E-state index in [1.54, 1.807) is 0 Å². The molecule has 3 heterocycles. The SMILES string of the molecule is Cc1ccc(C(=O)N[C@@H]2CO[C@H]3[C@@H]2OC[C@H]3O)n1C(F)F. The number of fused-ring (bicyclic) bond motifs is 1. The Morgan fingerprint density at radius 3 is 2.81 bits per heavy atom. The lowest BCUT2D eigenvalue weighted by atomic mass is 10.1. The molecule has 0 unspecified atom stereocenters. The third-order valence-electron chi connectivity index (χ3n) is 3.89. The van der Waals surface area contributed by atoms with E-state index < -0.39 is 36.8 Å². The van der Waals surface area contributed by atoms with Gasteiger partial charge >= 0.3 is 6.55 Å². The average Bonchev–Trinajstić information content (AvgIpc) is 3.08. The van der Waals surface area contributed by atoms with Gasteiger partial charge in [0.25, 0.3) is 5.91 Å². The van der Waals surface area contributed by atoms with E-state index in [2.05, 4.69) is 5.32 Å². The van der Waals surface area contributed by atoms with Crippen LogP contribution in [0.1, 0.15) is 22.7 Å². The van der Waals surface area contributed by atoms with Crippen LogP contribution in [0.3, 0.4) is 0 Å². The highest BCUT2D eigenvalue weighted by Crippen LogP contribution is 2.27. The molecule has 0 spiro atoms. The van der Waals surface area contributed by atoms with Gasteiger partial charge in [0.2, 0.25) is 0 Å². The van der Waals surface area contributed by atoms with Crippen LogP contribution in [0.15, 0.2) is 12.1 Å². The first-order valence-electron chi connectivity index (χ1n) is 6.67. The summed E-state index contributed by atoms with van der Waals surface area (Å²) in [5.41, 5.74) is 0.202. The van der Waals surface area contributed by atoms with E-state index in [4.69, 9.17) is 9.47 Å². The Bertz CT molecular complexity index is 548. The van der Waals surface area contributed by atoms with Crippen LogP contribution in [0, 0.1) is 6.92 Å². The molecular formula is C13H16F2N2O4. The zero-order valence-electron chi connectivity index (χ0n) is 11.3. The number of alkyl halides is 2. The second kappa shape index (κ2) is 5.36. The summed E-state index contributed by atoms with van der Waals surface area (Å²) in [5.74, 6) is -0.609. The van der Waals surface area contributed by atoms with Gasteiger partial charge in [-0.3, -0.25) is 9.36 Å². The lowest BCUT2D eigenvalue weighted by Gasteiger charge is -2.18. The largest absolute Gasteiger partial charge is 0.388 e. The van der Waals surface area contributed by atoms with Gasteiger partial charge in [-0.2, -0.15) is 8.78 Å². The number of carbonyl (C=O) groups is 1. The Balaban J connectivity index is 1.73. The molecule has 2 N–H and O–H groups in total. The number of carbonyl (C=O) groups excluding carboxylic acids is 1. The van der Waals surface area contributed by atoms with E-state index >= 15 is 0 Å². The maximum atomic E-state index is 13.0. The summed E-state index contributed by atoms with van der Waals surface area (Å²) in [4.78, 5) is 12.2. The van der Waals surface area contributed by atoms with Crippen LogP contribution < -0.4 is 5.32 Å². The van der Waals surface area contributed by atoms with Gasteiger partial charge in [-0.1, -0.05) is 0 Å². The second-order valence-corrected chi connectivity index (χ2v) is 5.25. The van der Waals surface area contributed by atoms with Gasteiger partial charge in [0.15, 0.2) is 0 Å². The minimum absolute atomic E-state index is 0.107. The zero-order valence-corrected chi connectivity index (χ0v) is 11.3. The molecule has 2 aliphatic heterocycles. The highest BCUT2D eigenvalue weighted by Gasteiger charge is 2.47. The number of amides is 1. The maximum Gasteiger partial charge on any atom is 0.319 e. The molecule has 0 saturated carbocycles. The molecule has 0 aliphatic carbocycles. The van der Waals surface area contributed by atoms with Crippen molar-refractivity contribution in [2.45, 2.75) is 37.8 Å². The fourth-order valence-corrected chi connectivity index (χ4v) is 2.84. The van der Waals surface area contributed by atoms with Gasteiger partial charge in [0.05, 0.1) is 19.3 Å². The maximum absolute atomic E-state index is 13.0. The molecule has 116 valence electrons. The van der Waals surface area contributed by atoms with Crippen LogP contribution >= 0.6 is 0 Å². The van der Waals surface area contributed by atoms with E-state index in [-0.39, 0.29) is 18.9 Å². The van der Waals surface area contributed by atoms with Crippen LogP contribution in [-0.2, 0) is 9.47 Å². The summed E-state index contributed by atoms with van der Waals surface area (Å²) in [5, 5.41) is 12.3. The van der Waals surface area contributed by atoms with E-state index in [0.29, 0.717) is 10.3 Å². The van der Waals surface area contributed by atoms with Crippen molar-refractivity contribution in [1.29, 1.82) is 0 Å². The fourth-order valence-electron chi connectivity index (χ4n) is 2.84. The Labute approximate surface area is 119 Å². The summed E-state index contributed by atoms with van der Waals surface area (Å²) >= 11 is 0. The molecule has 1 aromatic rings. The molecule has 21 heavy (non-hydrogen) atoms. The van der Waals surface area contributed by atoms with E-state index in [1.165, 1.54) is 19.1 Å². The Morgan fingerprint density at radius 1 is 1.38 bits per heavy atom. The van der Waals surface area contributed by atoms with Crippen molar-refractivity contribution in [2.24, 2.45) is 0 Å². The Morgan fingerprint density at radius 2 is 2.10 bits per heavy atom. The first kappa shape index (κ1) is 14.4. The number of aliphatic hydroxyl groups excluding tert-OH is 1. The second-order valence-electron chi connectivity index (χ2n) is 5.25. The smallest absolute Gasteiger partial charge is 0.319 e. The van der Waals surface area contributed by atoms with Crippen molar-refractivity contribution in [2.75, 3.05) is 13.2 Å². The number of rotatable bonds is 3. The Kier molecular flexibility index (Phi) is 3.68. The van der Waals surface area contributed by atoms with Gasteiger partial charge < -0.3 is 19.9 Å². The summed E-state index contributed by atoms with van der Waals surface area (Å²) in [7, 11) is 0. The number of nitrogens with zero attached hydrogens (tertiary/aromatic N) is 1. The highest BCUT2D eigenvalue weighted by atomic mass is 19.3. The topological polar surface area (TPSA) is 72.7 Å². The molecule has 0 aromatic carbocycles. The van der Waals surface area contributed by atoms with Crippen LogP contribution in [0.4, 0.5) is 8.78 Å². The summed E-state index contributed by atoms with van der Waals surface area (Å²) < 4.78 is 37.4. The van der Waals surface area contributed by atoms with Crippen molar-refractivity contribution >= 4 is 5.91 Å². The number of aryl methyl sites for hydroxylation is 1. The molecule has 0 radical (unpaired) electrons. The monoisotopic (exact) mass is 302 g/mol. The molecule has 4 atom stereocenters. The number of halogens is 2. The van der Waals surface area contributed by atoms with E-state index in [1.807, 2.05) is 0 Å². The molecule has 6 nitrogen and oxygen atoms in total. The van der Waals surface area contributed by atoms with Crippen molar-refractivity contribution in [3.8, 4) is 0 Å². The molecule has 2 aliphatic rings. The molecule has 1 aromatic heterocycles. The number of aromatic nitrogens is 1. The first-order chi connectivity index (χ1) is 9.99. The number of ether oxygens (including phenoxy) is 2. The molecule has 3 rings (SSSR count). The molecule has 2 saturated heterocycles. The lowest BCUT2D eigenvalue weighted by molar-refractivity contribution is 0.0178. The molecular weight excluding hydrogens is 286 g/mol. The van der Waals surface area contributed by atoms with E-state index in [9.17, 15) is 18.7 Å². The van der Waals surface area contributed by atoms with Crippen LogP contribution in [0.5, 0.6) is 0 Å². The third-order valence-corrected chi connectivity index (χ3v) is 3.89. The molecule has 2 fully saturated rings. The minimum Gasteiger partial charge on any atom is -0.388 e. The van der Waals surface area contributed by atoms with Gasteiger partial charge in [-0.15, -0.1) is 0 Å². The van der Waals surface area contributed by atoms with Crippen molar-refractivity contribution in [3.05, 3.63) is 23.5 Å². The quantitative estimate of drug-likeness (QED) is 0.850. The predicted molar refractivity (Wildman–Crippen MR) is 67.2 cm³/mol. The number of hydrogen-bond donors (Lipinski definition) is 2. The van der Waals surface area contributed by atoms with Crippen molar-refractivity contribution in [1.82, 2.24) is 9.88 Å². The highest BCUT2D eigenvalue weighted by molar-refractivity contribution is 5.93. The average molecular weight is 302 g/mol. The van der Waals surface area contributed by atoms with Crippen LogP contribution in [0.2, 0.25) is 0 Å². The lowest BCUT2D eigenvalue weighted by Crippen LogP contribution is -2.44. The predicted octanol–water partition coefficient (Wildman–Crippen LogP) is 0.449. The van der Waals surface area contributed by atoms with E-state index in [0.717, 1.165) is 0 Å². The summed E-state index contributed by atoms with van der Waals surface area (Å²) in [6.45, 7) is -0.938. The normalized spacial score (nSPS) is 31.7. The summed E-state index contributed by atoms with van der Waals surface area (Å²) in [6.07, 6.45) is -1.64. The third kappa shape index (κ3) is 2.43. The van der Waals surface area contributed by atoms with Crippen LogP contribution in [0.25, 0.3) is 0 Å². The first-order valence-corrected chi connectivity index (χ1v) is 6.67. The zero-order chi connectivity index (χ0) is 15.1. The number of aliphatic hydroxyl groups is 1. The molecule has 0 bridgehead atoms. The van der Waals surface area contributed by atoms with Crippen molar-refractivity contribution in [3.63, 3.8) is 0 Å². The minimum atomic E-state index is -2.78. The standard InChI is InChI=1S/C13H16F2N2O4/c1-6-2-3-8(17(6)13(14)15)12(19)16-7-4-20-11-9(18)5-21-10(7)11/h2-3,7,9-11,13,18H,4-5H2,1H3,(H,16,19)/t7-,9-,10-,11-/m1/s1. The van der Waals surface area contributed by atoms with Gasteiger partial charge in [-0.05, 0) is 19.1 Å². The van der Waals surface area contributed by atoms with Crippen LogP contribution in [-0.4, -0.2) is 53.1 Å². The van der Waals surface area contributed by atoms with Gasteiger partial charge in [-0.25, -0.2) is 0 Å². The summed E-state index contributed by atoms with van der Waals surface area (Å²) in [6, 6.07) is 2.36. The Hall–Kier alpha value is -1.51. The fraction of sp³-hybridized carbons (Fsp3) is 0.615. The van der Waals surface area contributed by atoms with Gasteiger partial charge in [0.1, 0.15) is 24.0 Å². The molecule has 1 amide bonds. The number of nitrogens with one attached hydrogen (secondary N) is 1.